The monoisotopic (exact) mass is 660 g/mol. The number of nitro groups is 2. The van der Waals surface area contributed by atoms with Crippen molar-refractivity contribution in [1.82, 2.24) is 9.97 Å². The van der Waals surface area contributed by atoms with Crippen molar-refractivity contribution in [3.05, 3.63) is 105 Å². The third kappa shape index (κ3) is 7.97. The number of non-ortho nitro benzene ring substituents is 2. The average molecular weight is 661 g/mol. The summed E-state index contributed by atoms with van der Waals surface area (Å²) in [6.07, 6.45) is 0. The summed E-state index contributed by atoms with van der Waals surface area (Å²) < 4.78 is 18.5. The number of hydrogen-bond acceptors (Lipinski definition) is 12. The molecule has 0 aliphatic rings. The first-order valence-corrected chi connectivity index (χ1v) is 15.7. The lowest BCUT2D eigenvalue weighted by atomic mass is 10.2. The van der Waals surface area contributed by atoms with E-state index in [2.05, 4.69) is 9.97 Å². The quantitative estimate of drug-likeness (QED) is 0.0777. The van der Waals surface area contributed by atoms with Gasteiger partial charge in [0.25, 0.3) is 11.4 Å². The molecule has 2 aromatic heterocycles. The van der Waals surface area contributed by atoms with Crippen molar-refractivity contribution >= 4 is 54.5 Å². The number of benzene rings is 4. The summed E-state index contributed by atoms with van der Waals surface area (Å²) in [4.78, 5) is 29.8. The van der Waals surface area contributed by atoms with Gasteiger partial charge in [0, 0.05) is 18.7 Å². The maximum Gasteiger partial charge on any atom is 0.273 e. The summed E-state index contributed by atoms with van der Waals surface area (Å²) >= 11 is 2.96. The van der Waals surface area contributed by atoms with Gasteiger partial charge in [0.2, 0.25) is 0 Å². The highest BCUT2D eigenvalue weighted by Crippen LogP contribution is 2.38. The fraction of sp³-hybridized carbons (Fsp3) is 0.188. The predicted octanol–water partition coefficient (Wildman–Crippen LogP) is 7.88. The van der Waals surface area contributed by atoms with Crippen molar-refractivity contribution in [3.8, 4) is 32.6 Å². The van der Waals surface area contributed by atoms with Crippen molar-refractivity contribution in [2.75, 3.05) is 33.0 Å². The van der Waals surface area contributed by atoms with E-state index < -0.39 is 9.85 Å². The van der Waals surface area contributed by atoms with Crippen molar-refractivity contribution in [3.63, 3.8) is 0 Å². The molecule has 6 aromatic rings. The molecule has 236 valence electrons. The molecule has 0 fully saturated rings. The molecule has 0 saturated heterocycles. The number of phenols is 1. The maximum absolute atomic E-state index is 11.1. The van der Waals surface area contributed by atoms with Crippen molar-refractivity contribution in [2.24, 2.45) is 0 Å². The zero-order valence-electron chi connectivity index (χ0n) is 24.5. The molecule has 0 spiro atoms. The van der Waals surface area contributed by atoms with Gasteiger partial charge in [0.1, 0.15) is 28.1 Å². The number of nitrogens with zero attached hydrogens (tertiary/aromatic N) is 4. The highest BCUT2D eigenvalue weighted by Gasteiger charge is 2.17. The van der Waals surface area contributed by atoms with Crippen LogP contribution < -0.4 is 4.74 Å². The number of thiazole rings is 2. The Kier molecular flexibility index (Phi) is 10.8. The van der Waals surface area contributed by atoms with Crippen LogP contribution in [0.25, 0.3) is 41.6 Å². The van der Waals surface area contributed by atoms with Crippen LogP contribution >= 0.6 is 22.7 Å². The second-order valence-electron chi connectivity index (χ2n) is 9.53. The number of phenolic OH excluding ortho intramolecular Hbond substituents is 1. The zero-order valence-corrected chi connectivity index (χ0v) is 26.2. The second-order valence-corrected chi connectivity index (χ2v) is 11.6. The molecule has 0 atom stereocenters. The molecule has 0 amide bonds. The van der Waals surface area contributed by atoms with Gasteiger partial charge in [-0.1, -0.05) is 24.3 Å². The van der Waals surface area contributed by atoms with Crippen LogP contribution in [0.15, 0.2) is 84.9 Å². The number of ether oxygens (including phenoxy) is 3. The summed E-state index contributed by atoms with van der Waals surface area (Å²) in [6.45, 7) is 4.25. The van der Waals surface area contributed by atoms with Crippen LogP contribution in [0.3, 0.4) is 0 Å². The van der Waals surface area contributed by atoms with E-state index in [1.807, 2.05) is 55.5 Å². The van der Waals surface area contributed by atoms with Gasteiger partial charge in [-0.15, -0.1) is 22.7 Å². The van der Waals surface area contributed by atoms with Gasteiger partial charge in [-0.2, -0.15) is 0 Å². The molecule has 1 N–H and O–H groups in total. The Labute approximate surface area is 270 Å². The number of para-hydroxylation sites is 2. The van der Waals surface area contributed by atoms with Gasteiger partial charge < -0.3 is 19.3 Å². The van der Waals surface area contributed by atoms with Gasteiger partial charge in [-0.25, -0.2) is 9.97 Å². The Hall–Kier alpha value is -5.02. The summed E-state index contributed by atoms with van der Waals surface area (Å²) in [7, 11) is 0. The number of fused-ring (bicyclic) bond motifs is 2. The molecule has 46 heavy (non-hydrogen) atoms. The largest absolute Gasteiger partial charge is 0.507 e. The molecule has 0 bridgehead atoms. The molecule has 14 heteroatoms. The third-order valence-corrected chi connectivity index (χ3v) is 8.62. The van der Waals surface area contributed by atoms with E-state index in [9.17, 15) is 25.3 Å². The normalized spacial score (nSPS) is 10.9. The molecule has 2 heterocycles. The van der Waals surface area contributed by atoms with Gasteiger partial charge in [0.05, 0.1) is 73.4 Å². The van der Waals surface area contributed by atoms with E-state index in [1.54, 1.807) is 6.07 Å². The first-order chi connectivity index (χ1) is 22.3. The molecular formula is C32H28N4O8S2. The Morgan fingerprint density at radius 3 is 1.78 bits per heavy atom. The number of aromatic nitrogens is 2. The van der Waals surface area contributed by atoms with E-state index in [1.165, 1.54) is 46.9 Å². The molecule has 6 rings (SSSR count). The molecular weight excluding hydrogens is 633 g/mol. The standard InChI is InChI=1S/C19H20N2O5S.C13H8N2O3S/c1-2-24-9-10-25-11-12-26-17-13-14(21(22)23)7-8-15(17)19-20-16-5-3-4-6-18(16)27-19;16-11-7-8(15(17)18)5-6-9(11)13-14-10-3-1-2-4-12(10)19-13/h3-8,13H,2,9-12H2,1H3;1-7,16H. The first-order valence-electron chi connectivity index (χ1n) is 14.1. The first kappa shape index (κ1) is 32.4. The molecule has 4 aromatic carbocycles. The van der Waals surface area contributed by atoms with Gasteiger partial charge >= 0.3 is 0 Å². The van der Waals surface area contributed by atoms with Crippen LogP contribution in [-0.2, 0) is 9.47 Å². The van der Waals surface area contributed by atoms with Crippen LogP contribution in [0, 0.1) is 20.2 Å². The number of nitro benzene ring substituents is 2. The van der Waals surface area contributed by atoms with Crippen LogP contribution in [-0.4, -0.2) is 58.0 Å². The van der Waals surface area contributed by atoms with Gasteiger partial charge in [-0.3, -0.25) is 20.2 Å². The lowest BCUT2D eigenvalue weighted by Gasteiger charge is -2.10. The molecule has 0 saturated carbocycles. The topological polar surface area (TPSA) is 160 Å². The lowest BCUT2D eigenvalue weighted by Crippen LogP contribution is -2.11. The predicted molar refractivity (Wildman–Crippen MR) is 178 cm³/mol. The van der Waals surface area contributed by atoms with Crippen molar-refractivity contribution in [2.45, 2.75) is 6.92 Å². The zero-order chi connectivity index (χ0) is 32.5. The Morgan fingerprint density at radius 1 is 0.696 bits per heavy atom. The fourth-order valence-corrected chi connectivity index (χ4v) is 6.28. The van der Waals surface area contributed by atoms with Crippen LogP contribution in [0.2, 0.25) is 0 Å². The summed E-state index contributed by atoms with van der Waals surface area (Å²) in [5.41, 5.74) is 2.82. The van der Waals surface area contributed by atoms with Gasteiger partial charge in [0.15, 0.2) is 0 Å². The minimum Gasteiger partial charge on any atom is -0.507 e. The molecule has 0 aliphatic carbocycles. The van der Waals surface area contributed by atoms with Crippen molar-refractivity contribution in [1.29, 1.82) is 0 Å². The smallest absolute Gasteiger partial charge is 0.273 e. The minimum atomic E-state index is -0.540. The Bertz CT molecular complexity index is 1910. The van der Waals surface area contributed by atoms with E-state index in [0.29, 0.717) is 42.7 Å². The van der Waals surface area contributed by atoms with Crippen LogP contribution in [0.5, 0.6) is 11.5 Å². The summed E-state index contributed by atoms with van der Waals surface area (Å²) in [5, 5.41) is 33.0. The maximum atomic E-state index is 11.1. The molecule has 0 aliphatic heterocycles. The fourth-order valence-electron chi connectivity index (χ4n) is 4.28. The Balaban J connectivity index is 0.000000192. The summed E-state index contributed by atoms with van der Waals surface area (Å²) in [5.74, 6) is 0.296. The third-order valence-electron chi connectivity index (χ3n) is 6.48. The lowest BCUT2D eigenvalue weighted by molar-refractivity contribution is -0.385. The Morgan fingerprint density at radius 2 is 1.22 bits per heavy atom. The number of hydrogen-bond donors (Lipinski definition) is 1. The van der Waals surface area contributed by atoms with E-state index >= 15 is 0 Å². The molecule has 0 unspecified atom stereocenters. The number of rotatable bonds is 12. The molecule has 12 nitrogen and oxygen atoms in total. The SMILES string of the molecule is CCOCCOCCOc1cc([N+](=O)[O-])ccc1-c1nc2ccccc2s1.O=[N+]([O-])c1ccc(-c2nc3ccccc3s2)c(O)c1. The van der Waals surface area contributed by atoms with E-state index in [0.717, 1.165) is 37.1 Å². The summed E-state index contributed by atoms with van der Waals surface area (Å²) in [6, 6.07) is 24.1. The highest BCUT2D eigenvalue weighted by molar-refractivity contribution is 7.22. The van der Waals surface area contributed by atoms with E-state index in [-0.39, 0.29) is 23.7 Å². The van der Waals surface area contributed by atoms with Crippen LogP contribution in [0.1, 0.15) is 6.92 Å². The van der Waals surface area contributed by atoms with E-state index in [4.69, 9.17) is 14.2 Å². The number of aromatic hydroxyl groups is 1. The second kappa shape index (κ2) is 15.3. The average Bonchev–Trinajstić information content (AvgIpc) is 3.69. The van der Waals surface area contributed by atoms with Gasteiger partial charge in [-0.05, 0) is 43.3 Å². The van der Waals surface area contributed by atoms with Crippen LogP contribution in [0.4, 0.5) is 11.4 Å². The highest BCUT2D eigenvalue weighted by atomic mass is 32.1. The molecule has 0 radical (unpaired) electrons. The minimum absolute atomic E-state index is 0.0212. The van der Waals surface area contributed by atoms with Crippen molar-refractivity contribution < 1.29 is 29.2 Å².